The standard InChI is InChI=1S/C5H11NO2/c7-5-4-6-2-1-3-8-5/h5-7H,1-4H2. The largest absolute Gasteiger partial charge is 0.367 e. The Morgan fingerprint density at radius 2 is 2.50 bits per heavy atom. The molecule has 0 bridgehead atoms. The number of rotatable bonds is 0. The second-order valence-corrected chi connectivity index (χ2v) is 1.88. The van der Waals surface area contributed by atoms with E-state index < -0.39 is 6.29 Å². The van der Waals surface area contributed by atoms with Crippen LogP contribution in [0.15, 0.2) is 0 Å². The van der Waals surface area contributed by atoms with Gasteiger partial charge in [-0.25, -0.2) is 0 Å². The Kier molecular flexibility index (Phi) is 2.27. The third-order valence-electron chi connectivity index (χ3n) is 1.13. The van der Waals surface area contributed by atoms with Crippen molar-refractivity contribution in [1.29, 1.82) is 0 Å². The molecular weight excluding hydrogens is 106 g/mol. The SMILES string of the molecule is OC1CNCCCO1. The van der Waals surface area contributed by atoms with Crippen LogP contribution < -0.4 is 5.32 Å². The molecule has 0 aromatic rings. The highest BCUT2D eigenvalue weighted by Gasteiger charge is 2.05. The van der Waals surface area contributed by atoms with E-state index in [9.17, 15) is 0 Å². The van der Waals surface area contributed by atoms with Crippen LogP contribution in [-0.4, -0.2) is 31.1 Å². The zero-order chi connectivity index (χ0) is 5.82. The second-order valence-electron chi connectivity index (χ2n) is 1.88. The van der Waals surface area contributed by atoms with Crippen LogP contribution in [0.2, 0.25) is 0 Å². The van der Waals surface area contributed by atoms with Gasteiger partial charge in [-0.1, -0.05) is 0 Å². The Bertz CT molecular complexity index is 59.4. The molecule has 0 aromatic carbocycles. The molecule has 0 saturated carbocycles. The molecule has 1 rings (SSSR count). The van der Waals surface area contributed by atoms with E-state index in [-0.39, 0.29) is 0 Å². The van der Waals surface area contributed by atoms with Crippen LogP contribution in [-0.2, 0) is 4.74 Å². The predicted molar refractivity (Wildman–Crippen MR) is 29.4 cm³/mol. The first-order valence-corrected chi connectivity index (χ1v) is 2.90. The highest BCUT2D eigenvalue weighted by Crippen LogP contribution is 1.91. The van der Waals surface area contributed by atoms with Gasteiger partial charge in [0, 0.05) is 6.54 Å². The molecule has 0 aromatic heterocycles. The summed E-state index contributed by atoms with van der Waals surface area (Å²) in [5.74, 6) is 0. The number of ether oxygens (including phenoxy) is 1. The van der Waals surface area contributed by atoms with Gasteiger partial charge in [0.1, 0.15) is 0 Å². The topological polar surface area (TPSA) is 41.5 Å². The van der Waals surface area contributed by atoms with Crippen LogP contribution in [0.4, 0.5) is 0 Å². The first-order chi connectivity index (χ1) is 3.89. The molecule has 0 spiro atoms. The van der Waals surface area contributed by atoms with Crippen LogP contribution >= 0.6 is 0 Å². The molecule has 0 aliphatic carbocycles. The fourth-order valence-corrected chi connectivity index (χ4v) is 0.701. The molecule has 0 radical (unpaired) electrons. The predicted octanol–water partition coefficient (Wildman–Crippen LogP) is -0.685. The van der Waals surface area contributed by atoms with Crippen LogP contribution in [0.25, 0.3) is 0 Å². The van der Waals surface area contributed by atoms with Gasteiger partial charge < -0.3 is 15.2 Å². The number of hydrogen-bond donors (Lipinski definition) is 2. The van der Waals surface area contributed by atoms with E-state index in [1.165, 1.54) is 0 Å². The fourth-order valence-electron chi connectivity index (χ4n) is 0.701. The van der Waals surface area contributed by atoms with Gasteiger partial charge in [-0.05, 0) is 13.0 Å². The van der Waals surface area contributed by atoms with Gasteiger partial charge in [-0.3, -0.25) is 0 Å². The number of nitrogens with one attached hydrogen (secondary N) is 1. The number of hydrogen-bond acceptors (Lipinski definition) is 3. The van der Waals surface area contributed by atoms with Crippen molar-refractivity contribution in [2.24, 2.45) is 0 Å². The third kappa shape index (κ3) is 1.78. The molecule has 1 saturated heterocycles. The summed E-state index contributed by atoms with van der Waals surface area (Å²) in [5.41, 5.74) is 0. The molecule has 3 nitrogen and oxygen atoms in total. The van der Waals surface area contributed by atoms with Crippen LogP contribution in [0.5, 0.6) is 0 Å². The minimum absolute atomic E-state index is 0.569. The van der Waals surface area contributed by atoms with Crippen molar-refractivity contribution >= 4 is 0 Å². The normalized spacial score (nSPS) is 31.9. The fraction of sp³-hybridized carbons (Fsp3) is 1.00. The minimum Gasteiger partial charge on any atom is -0.367 e. The smallest absolute Gasteiger partial charge is 0.167 e. The Morgan fingerprint density at radius 1 is 1.62 bits per heavy atom. The molecule has 1 heterocycles. The van der Waals surface area contributed by atoms with Crippen molar-refractivity contribution < 1.29 is 9.84 Å². The van der Waals surface area contributed by atoms with E-state index in [0.29, 0.717) is 13.2 Å². The first kappa shape index (κ1) is 6.01. The maximum Gasteiger partial charge on any atom is 0.167 e. The number of aliphatic hydroxyl groups is 1. The first-order valence-electron chi connectivity index (χ1n) is 2.90. The Hall–Kier alpha value is -0.120. The molecule has 1 unspecified atom stereocenters. The summed E-state index contributed by atoms with van der Waals surface area (Å²) in [6.45, 7) is 2.20. The molecule has 1 aliphatic heterocycles. The van der Waals surface area contributed by atoms with Crippen molar-refractivity contribution in [2.45, 2.75) is 12.7 Å². The van der Waals surface area contributed by atoms with Crippen LogP contribution in [0.3, 0.4) is 0 Å². The molecule has 8 heavy (non-hydrogen) atoms. The zero-order valence-corrected chi connectivity index (χ0v) is 4.76. The Morgan fingerprint density at radius 3 is 3.38 bits per heavy atom. The highest BCUT2D eigenvalue weighted by atomic mass is 16.6. The summed E-state index contributed by atoms with van der Waals surface area (Å²) in [6.07, 6.45) is 0.411. The second kappa shape index (κ2) is 3.02. The molecule has 0 amide bonds. The molecule has 1 atom stereocenters. The van der Waals surface area contributed by atoms with E-state index in [2.05, 4.69) is 5.32 Å². The zero-order valence-electron chi connectivity index (χ0n) is 4.76. The Balaban J connectivity index is 2.17. The summed E-state index contributed by atoms with van der Waals surface area (Å²) in [4.78, 5) is 0. The third-order valence-corrected chi connectivity index (χ3v) is 1.13. The molecule has 48 valence electrons. The average molecular weight is 117 g/mol. The van der Waals surface area contributed by atoms with Gasteiger partial charge in [-0.2, -0.15) is 0 Å². The molecule has 3 heteroatoms. The maximum absolute atomic E-state index is 8.80. The summed E-state index contributed by atoms with van der Waals surface area (Å²) < 4.78 is 4.90. The van der Waals surface area contributed by atoms with Crippen molar-refractivity contribution in [1.82, 2.24) is 5.32 Å². The van der Waals surface area contributed by atoms with Crippen molar-refractivity contribution in [3.05, 3.63) is 0 Å². The summed E-state index contributed by atoms with van der Waals surface area (Å²) in [5, 5.41) is 11.8. The summed E-state index contributed by atoms with van der Waals surface area (Å²) >= 11 is 0. The van der Waals surface area contributed by atoms with Gasteiger partial charge in [-0.15, -0.1) is 0 Å². The van der Waals surface area contributed by atoms with E-state index in [4.69, 9.17) is 9.84 Å². The molecular formula is C5H11NO2. The van der Waals surface area contributed by atoms with E-state index in [0.717, 1.165) is 13.0 Å². The van der Waals surface area contributed by atoms with E-state index >= 15 is 0 Å². The van der Waals surface area contributed by atoms with Gasteiger partial charge in [0.05, 0.1) is 6.61 Å². The monoisotopic (exact) mass is 117 g/mol. The van der Waals surface area contributed by atoms with Crippen LogP contribution in [0, 0.1) is 0 Å². The van der Waals surface area contributed by atoms with Gasteiger partial charge in [0.2, 0.25) is 0 Å². The molecule has 1 aliphatic rings. The van der Waals surface area contributed by atoms with Crippen molar-refractivity contribution in [3.8, 4) is 0 Å². The van der Waals surface area contributed by atoms with Crippen molar-refractivity contribution in [3.63, 3.8) is 0 Å². The van der Waals surface area contributed by atoms with E-state index in [1.807, 2.05) is 0 Å². The lowest BCUT2D eigenvalue weighted by atomic mass is 10.5. The minimum atomic E-state index is -0.586. The molecule has 2 N–H and O–H groups in total. The summed E-state index contributed by atoms with van der Waals surface area (Å²) in [7, 11) is 0. The van der Waals surface area contributed by atoms with Gasteiger partial charge in [0.15, 0.2) is 6.29 Å². The average Bonchev–Trinajstić information content (AvgIpc) is 1.94. The van der Waals surface area contributed by atoms with Gasteiger partial charge in [0.25, 0.3) is 0 Å². The lowest BCUT2D eigenvalue weighted by Gasteiger charge is -2.04. The van der Waals surface area contributed by atoms with E-state index in [1.54, 1.807) is 0 Å². The van der Waals surface area contributed by atoms with Crippen molar-refractivity contribution in [2.75, 3.05) is 19.7 Å². The molecule has 1 fully saturated rings. The number of β-amino-alcohol motifs (C(OH)–C–C–N with tert-alkyl or cyclic N) is 1. The van der Waals surface area contributed by atoms with Crippen LogP contribution in [0.1, 0.15) is 6.42 Å². The summed E-state index contributed by atoms with van der Waals surface area (Å²) in [6, 6.07) is 0. The van der Waals surface area contributed by atoms with Gasteiger partial charge >= 0.3 is 0 Å². The lowest BCUT2D eigenvalue weighted by Crippen LogP contribution is -2.25. The lowest BCUT2D eigenvalue weighted by molar-refractivity contribution is -0.0872. The number of aliphatic hydroxyl groups excluding tert-OH is 1. The maximum atomic E-state index is 8.80. The quantitative estimate of drug-likeness (QED) is 0.441. The Labute approximate surface area is 48.7 Å². The highest BCUT2D eigenvalue weighted by molar-refractivity contribution is 4.54.